The maximum atomic E-state index is 12.4. The van der Waals surface area contributed by atoms with Crippen molar-refractivity contribution in [1.29, 1.82) is 0 Å². The fourth-order valence-electron chi connectivity index (χ4n) is 2.00. The minimum atomic E-state index is -0.220. The molecule has 1 aromatic heterocycles. The molecule has 0 spiro atoms. The number of carbonyl (C=O) groups is 1. The van der Waals surface area contributed by atoms with Gasteiger partial charge in [0.05, 0.1) is 10.7 Å². The molecule has 0 saturated carbocycles. The standard InChI is InChI=1S/C15H10BrClN2OS/c16-10-7-8(5-6-11(10)17)19-15(20)14-13(18)9-3-1-2-4-12(9)21-14/h1-7H,18H2,(H,19,20). The van der Waals surface area contributed by atoms with Crippen molar-refractivity contribution in [3.63, 3.8) is 0 Å². The van der Waals surface area contributed by atoms with Gasteiger partial charge < -0.3 is 11.1 Å². The molecule has 3 nitrogen and oxygen atoms in total. The summed E-state index contributed by atoms with van der Waals surface area (Å²) in [5.74, 6) is -0.220. The lowest BCUT2D eigenvalue weighted by atomic mass is 10.2. The molecule has 3 rings (SSSR count). The molecular weight excluding hydrogens is 372 g/mol. The van der Waals surface area contributed by atoms with Gasteiger partial charge in [0.1, 0.15) is 4.88 Å². The lowest BCUT2D eigenvalue weighted by Crippen LogP contribution is -2.11. The van der Waals surface area contributed by atoms with Crippen molar-refractivity contribution in [2.24, 2.45) is 0 Å². The van der Waals surface area contributed by atoms with Gasteiger partial charge in [-0.3, -0.25) is 4.79 Å². The van der Waals surface area contributed by atoms with E-state index < -0.39 is 0 Å². The van der Waals surface area contributed by atoms with E-state index in [4.69, 9.17) is 17.3 Å². The summed E-state index contributed by atoms with van der Waals surface area (Å²) in [7, 11) is 0. The van der Waals surface area contributed by atoms with Crippen LogP contribution in [-0.4, -0.2) is 5.91 Å². The van der Waals surface area contributed by atoms with Gasteiger partial charge in [0.15, 0.2) is 0 Å². The fraction of sp³-hybridized carbons (Fsp3) is 0. The molecule has 3 aromatic rings. The summed E-state index contributed by atoms with van der Waals surface area (Å²) < 4.78 is 1.73. The Morgan fingerprint density at radius 1 is 1.24 bits per heavy atom. The first-order valence-electron chi connectivity index (χ1n) is 6.09. The first-order chi connectivity index (χ1) is 10.1. The molecule has 0 radical (unpaired) electrons. The molecule has 2 aromatic carbocycles. The van der Waals surface area contributed by atoms with Crippen LogP contribution < -0.4 is 11.1 Å². The minimum absolute atomic E-state index is 0.220. The second-order valence-electron chi connectivity index (χ2n) is 4.42. The summed E-state index contributed by atoms with van der Waals surface area (Å²) in [5, 5.41) is 4.33. The zero-order chi connectivity index (χ0) is 15.0. The summed E-state index contributed by atoms with van der Waals surface area (Å²) in [6.45, 7) is 0. The van der Waals surface area contributed by atoms with Crippen LogP contribution in [0.2, 0.25) is 5.02 Å². The highest BCUT2D eigenvalue weighted by atomic mass is 79.9. The molecule has 0 unspecified atom stereocenters. The predicted octanol–water partition coefficient (Wildman–Crippen LogP) is 5.15. The summed E-state index contributed by atoms with van der Waals surface area (Å²) in [6.07, 6.45) is 0. The molecule has 6 heteroatoms. The number of hydrogen-bond donors (Lipinski definition) is 2. The van der Waals surface area contributed by atoms with E-state index in [0.29, 0.717) is 21.3 Å². The molecule has 0 bridgehead atoms. The smallest absolute Gasteiger partial charge is 0.267 e. The van der Waals surface area contributed by atoms with Crippen LogP contribution in [0.25, 0.3) is 10.1 Å². The Morgan fingerprint density at radius 2 is 2.00 bits per heavy atom. The molecule has 0 atom stereocenters. The summed E-state index contributed by atoms with van der Waals surface area (Å²) in [4.78, 5) is 12.9. The number of hydrogen-bond acceptors (Lipinski definition) is 3. The van der Waals surface area contributed by atoms with Gasteiger partial charge in [-0.05, 0) is 40.2 Å². The van der Waals surface area contributed by atoms with Crippen LogP contribution in [0.15, 0.2) is 46.9 Å². The number of nitrogens with one attached hydrogen (secondary N) is 1. The number of carbonyl (C=O) groups excluding carboxylic acids is 1. The zero-order valence-electron chi connectivity index (χ0n) is 10.7. The second kappa shape index (κ2) is 5.67. The van der Waals surface area contributed by atoms with Crippen LogP contribution in [0.3, 0.4) is 0 Å². The van der Waals surface area contributed by atoms with E-state index in [2.05, 4.69) is 21.2 Å². The predicted molar refractivity (Wildman–Crippen MR) is 93.3 cm³/mol. The fourth-order valence-corrected chi connectivity index (χ4v) is 3.51. The van der Waals surface area contributed by atoms with Crippen LogP contribution in [0, 0.1) is 0 Å². The van der Waals surface area contributed by atoms with Gasteiger partial charge in [0, 0.05) is 20.2 Å². The third kappa shape index (κ3) is 2.77. The van der Waals surface area contributed by atoms with E-state index in [9.17, 15) is 4.79 Å². The Kier molecular flexibility index (Phi) is 3.89. The maximum Gasteiger partial charge on any atom is 0.267 e. The molecule has 1 heterocycles. The number of thiophene rings is 1. The lowest BCUT2D eigenvalue weighted by molar-refractivity contribution is 0.103. The van der Waals surface area contributed by atoms with Gasteiger partial charge >= 0.3 is 0 Å². The number of rotatable bonds is 2. The topological polar surface area (TPSA) is 55.1 Å². The van der Waals surface area contributed by atoms with E-state index in [1.807, 2.05) is 24.3 Å². The van der Waals surface area contributed by atoms with Gasteiger partial charge in [0.25, 0.3) is 5.91 Å². The highest BCUT2D eigenvalue weighted by molar-refractivity contribution is 9.10. The molecule has 0 aliphatic heterocycles. The van der Waals surface area contributed by atoms with Crippen LogP contribution in [0.5, 0.6) is 0 Å². The Balaban J connectivity index is 1.93. The Bertz CT molecular complexity index is 847. The quantitative estimate of drug-likeness (QED) is 0.645. The SMILES string of the molecule is Nc1c(C(=O)Nc2ccc(Cl)c(Br)c2)sc2ccccc12. The number of nitrogens with two attached hydrogens (primary N) is 1. The van der Waals surface area contributed by atoms with Gasteiger partial charge in [0.2, 0.25) is 0 Å². The average molecular weight is 382 g/mol. The molecule has 0 fully saturated rings. The van der Waals surface area contributed by atoms with Crippen molar-refractivity contribution in [2.45, 2.75) is 0 Å². The van der Waals surface area contributed by atoms with Crippen molar-refractivity contribution >= 4 is 66.2 Å². The van der Waals surface area contributed by atoms with E-state index in [1.165, 1.54) is 11.3 Å². The Labute approximate surface area is 138 Å². The van der Waals surface area contributed by atoms with E-state index in [1.54, 1.807) is 18.2 Å². The van der Waals surface area contributed by atoms with Gasteiger partial charge in [-0.2, -0.15) is 0 Å². The lowest BCUT2D eigenvalue weighted by Gasteiger charge is -2.05. The van der Waals surface area contributed by atoms with Crippen molar-refractivity contribution in [1.82, 2.24) is 0 Å². The zero-order valence-corrected chi connectivity index (χ0v) is 13.8. The first kappa shape index (κ1) is 14.4. The van der Waals surface area contributed by atoms with E-state index >= 15 is 0 Å². The number of nitrogen functional groups attached to an aromatic ring is 1. The van der Waals surface area contributed by atoms with E-state index in [0.717, 1.165) is 14.6 Å². The van der Waals surface area contributed by atoms with Crippen molar-refractivity contribution in [3.8, 4) is 0 Å². The number of anilines is 2. The summed E-state index contributed by atoms with van der Waals surface area (Å²) in [6, 6.07) is 12.9. The van der Waals surface area contributed by atoms with Crippen molar-refractivity contribution in [2.75, 3.05) is 11.1 Å². The largest absolute Gasteiger partial charge is 0.397 e. The van der Waals surface area contributed by atoms with Gasteiger partial charge in [-0.25, -0.2) is 0 Å². The second-order valence-corrected chi connectivity index (χ2v) is 6.74. The number of fused-ring (bicyclic) bond motifs is 1. The number of amides is 1. The molecule has 1 amide bonds. The molecule has 0 aliphatic carbocycles. The molecular formula is C15H10BrClN2OS. The van der Waals surface area contributed by atoms with Gasteiger partial charge in [-0.15, -0.1) is 11.3 Å². The first-order valence-corrected chi connectivity index (χ1v) is 8.08. The Hall–Kier alpha value is -1.56. The van der Waals surface area contributed by atoms with E-state index in [-0.39, 0.29) is 5.91 Å². The molecule has 3 N–H and O–H groups in total. The average Bonchev–Trinajstić information content (AvgIpc) is 2.81. The normalized spacial score (nSPS) is 10.8. The maximum absolute atomic E-state index is 12.4. The molecule has 21 heavy (non-hydrogen) atoms. The van der Waals surface area contributed by atoms with Gasteiger partial charge in [-0.1, -0.05) is 29.8 Å². The molecule has 0 saturated heterocycles. The third-order valence-corrected chi connectivity index (χ3v) is 5.42. The highest BCUT2D eigenvalue weighted by Gasteiger charge is 2.16. The molecule has 106 valence electrons. The Morgan fingerprint density at radius 3 is 2.71 bits per heavy atom. The molecule has 0 aliphatic rings. The number of benzene rings is 2. The highest BCUT2D eigenvalue weighted by Crippen LogP contribution is 2.34. The van der Waals surface area contributed by atoms with Crippen LogP contribution in [-0.2, 0) is 0 Å². The van der Waals surface area contributed by atoms with Crippen LogP contribution >= 0.6 is 38.9 Å². The van der Waals surface area contributed by atoms with Crippen LogP contribution in [0.1, 0.15) is 9.67 Å². The third-order valence-electron chi connectivity index (χ3n) is 3.02. The summed E-state index contributed by atoms with van der Waals surface area (Å²) in [5.41, 5.74) is 7.24. The monoisotopic (exact) mass is 380 g/mol. The summed E-state index contributed by atoms with van der Waals surface area (Å²) >= 11 is 10.6. The van der Waals surface area contributed by atoms with Crippen molar-refractivity contribution < 1.29 is 4.79 Å². The number of halogens is 2. The van der Waals surface area contributed by atoms with Crippen molar-refractivity contribution in [3.05, 3.63) is 56.8 Å². The minimum Gasteiger partial charge on any atom is -0.397 e. The van der Waals surface area contributed by atoms with Crippen LogP contribution in [0.4, 0.5) is 11.4 Å².